The molecule has 0 heterocycles. The fraction of sp³-hybridized carbons (Fsp3) is 0.125. The molecule has 0 spiro atoms. The standard InChI is InChI=1S/C8H7N3O2/c1-6-2-3-7(10-5-9)4-8(6)11(12)13/h2-4,10H,1H3. The topological polar surface area (TPSA) is 79.0 Å². The smallest absolute Gasteiger partial charge is 0.274 e. The molecule has 1 N–H and O–H groups in total. The van der Waals surface area contributed by atoms with Crippen molar-refractivity contribution >= 4 is 11.4 Å². The highest BCUT2D eigenvalue weighted by atomic mass is 16.6. The van der Waals surface area contributed by atoms with Crippen molar-refractivity contribution in [2.45, 2.75) is 6.92 Å². The van der Waals surface area contributed by atoms with Crippen LogP contribution in [0.15, 0.2) is 18.2 Å². The molecule has 0 bridgehead atoms. The van der Waals surface area contributed by atoms with Crippen molar-refractivity contribution in [3.8, 4) is 6.19 Å². The van der Waals surface area contributed by atoms with Crippen LogP contribution in [0.2, 0.25) is 0 Å². The van der Waals surface area contributed by atoms with Gasteiger partial charge in [0.2, 0.25) is 0 Å². The Morgan fingerprint density at radius 3 is 2.85 bits per heavy atom. The first-order valence-electron chi connectivity index (χ1n) is 3.55. The summed E-state index contributed by atoms with van der Waals surface area (Å²) in [6.45, 7) is 1.65. The highest BCUT2D eigenvalue weighted by Crippen LogP contribution is 2.21. The van der Waals surface area contributed by atoms with E-state index in [4.69, 9.17) is 5.26 Å². The van der Waals surface area contributed by atoms with Crippen LogP contribution >= 0.6 is 0 Å². The first-order chi connectivity index (χ1) is 6.15. The largest absolute Gasteiger partial charge is 0.293 e. The van der Waals surface area contributed by atoms with Crippen molar-refractivity contribution in [1.29, 1.82) is 5.26 Å². The van der Waals surface area contributed by atoms with Crippen molar-refractivity contribution in [3.05, 3.63) is 33.9 Å². The SMILES string of the molecule is Cc1ccc(NC#N)cc1[N+](=O)[O-]. The molecule has 1 rings (SSSR count). The minimum absolute atomic E-state index is 0.0141. The number of nitro groups is 1. The molecular weight excluding hydrogens is 170 g/mol. The van der Waals surface area contributed by atoms with Crippen LogP contribution in [0.1, 0.15) is 5.56 Å². The van der Waals surface area contributed by atoms with Gasteiger partial charge in [-0.05, 0) is 13.0 Å². The molecule has 5 nitrogen and oxygen atoms in total. The fourth-order valence-electron chi connectivity index (χ4n) is 0.948. The minimum Gasteiger partial charge on any atom is -0.293 e. The molecule has 1 aromatic rings. The van der Waals surface area contributed by atoms with Gasteiger partial charge in [-0.3, -0.25) is 15.4 Å². The monoisotopic (exact) mass is 177 g/mol. The molecule has 66 valence electrons. The molecule has 0 saturated heterocycles. The minimum atomic E-state index is -0.474. The predicted molar refractivity (Wildman–Crippen MR) is 47.1 cm³/mol. The van der Waals surface area contributed by atoms with E-state index in [0.717, 1.165) is 0 Å². The Labute approximate surface area is 74.8 Å². The first kappa shape index (κ1) is 9.00. The fourth-order valence-corrected chi connectivity index (χ4v) is 0.948. The van der Waals surface area contributed by atoms with Gasteiger partial charge >= 0.3 is 0 Å². The summed E-state index contributed by atoms with van der Waals surface area (Å²) < 4.78 is 0. The number of rotatable bonds is 2. The van der Waals surface area contributed by atoms with Crippen LogP contribution in [0.3, 0.4) is 0 Å². The Balaban J connectivity index is 3.13. The zero-order valence-electron chi connectivity index (χ0n) is 6.94. The molecule has 0 aromatic heterocycles. The van der Waals surface area contributed by atoms with Crippen molar-refractivity contribution < 1.29 is 4.92 Å². The lowest BCUT2D eigenvalue weighted by Gasteiger charge is -1.99. The number of nitriles is 1. The summed E-state index contributed by atoms with van der Waals surface area (Å²) in [5, 5.41) is 21.1. The van der Waals surface area contributed by atoms with E-state index in [2.05, 4.69) is 5.32 Å². The maximum atomic E-state index is 10.5. The van der Waals surface area contributed by atoms with E-state index in [9.17, 15) is 10.1 Å². The van der Waals surface area contributed by atoms with Crippen LogP contribution in [-0.2, 0) is 0 Å². The summed E-state index contributed by atoms with van der Waals surface area (Å²) in [6.07, 6.45) is 1.70. The molecule has 0 saturated carbocycles. The second-order valence-electron chi connectivity index (χ2n) is 2.50. The Morgan fingerprint density at radius 2 is 2.31 bits per heavy atom. The van der Waals surface area contributed by atoms with E-state index in [1.807, 2.05) is 0 Å². The molecule has 0 amide bonds. The maximum absolute atomic E-state index is 10.5. The van der Waals surface area contributed by atoms with Crippen molar-refractivity contribution in [3.63, 3.8) is 0 Å². The number of aryl methyl sites for hydroxylation is 1. The predicted octanol–water partition coefficient (Wildman–Crippen LogP) is 1.80. The number of nitrogens with zero attached hydrogens (tertiary/aromatic N) is 2. The van der Waals surface area contributed by atoms with Gasteiger partial charge in [0.25, 0.3) is 5.69 Å². The van der Waals surface area contributed by atoms with Crippen molar-refractivity contribution in [1.82, 2.24) is 0 Å². The average Bonchev–Trinajstić information content (AvgIpc) is 2.08. The third kappa shape index (κ3) is 1.93. The quantitative estimate of drug-likeness (QED) is 0.323. The summed E-state index contributed by atoms with van der Waals surface area (Å²) >= 11 is 0. The molecule has 13 heavy (non-hydrogen) atoms. The van der Waals surface area contributed by atoms with Gasteiger partial charge < -0.3 is 0 Å². The lowest BCUT2D eigenvalue weighted by atomic mass is 10.2. The molecule has 0 aliphatic rings. The zero-order chi connectivity index (χ0) is 9.84. The second-order valence-corrected chi connectivity index (χ2v) is 2.50. The van der Waals surface area contributed by atoms with Crippen molar-refractivity contribution in [2.75, 3.05) is 5.32 Å². The molecule has 0 aliphatic carbocycles. The summed E-state index contributed by atoms with van der Waals surface area (Å²) in [5.74, 6) is 0. The number of anilines is 1. The second kappa shape index (κ2) is 3.54. The molecule has 0 aliphatic heterocycles. The van der Waals surface area contributed by atoms with Crippen LogP contribution in [0.25, 0.3) is 0 Å². The Hall–Kier alpha value is -2.09. The van der Waals surface area contributed by atoms with E-state index in [0.29, 0.717) is 11.3 Å². The van der Waals surface area contributed by atoms with Gasteiger partial charge in [-0.1, -0.05) is 6.07 Å². The summed E-state index contributed by atoms with van der Waals surface area (Å²) in [6, 6.07) is 4.54. The van der Waals surface area contributed by atoms with Crippen LogP contribution in [0.5, 0.6) is 0 Å². The van der Waals surface area contributed by atoms with Gasteiger partial charge in [0.15, 0.2) is 6.19 Å². The third-order valence-corrected chi connectivity index (χ3v) is 1.61. The van der Waals surface area contributed by atoms with E-state index < -0.39 is 4.92 Å². The van der Waals surface area contributed by atoms with Gasteiger partial charge in [-0.2, -0.15) is 5.26 Å². The summed E-state index contributed by atoms with van der Waals surface area (Å²) in [4.78, 5) is 10.00. The van der Waals surface area contributed by atoms with Gasteiger partial charge in [0, 0.05) is 11.6 Å². The lowest BCUT2D eigenvalue weighted by molar-refractivity contribution is -0.385. The highest BCUT2D eigenvalue weighted by Gasteiger charge is 2.10. The van der Waals surface area contributed by atoms with Gasteiger partial charge in [0.1, 0.15) is 0 Å². The van der Waals surface area contributed by atoms with E-state index in [-0.39, 0.29) is 5.69 Å². The van der Waals surface area contributed by atoms with Crippen LogP contribution in [0, 0.1) is 28.5 Å². The van der Waals surface area contributed by atoms with E-state index >= 15 is 0 Å². The van der Waals surface area contributed by atoms with Crippen LogP contribution in [-0.4, -0.2) is 4.92 Å². The van der Waals surface area contributed by atoms with E-state index in [1.54, 1.807) is 25.2 Å². The summed E-state index contributed by atoms with van der Waals surface area (Å²) in [5.41, 5.74) is 1.02. The Bertz CT molecular complexity index is 381. The normalized spacial score (nSPS) is 8.92. The molecule has 0 unspecified atom stereocenters. The number of hydrogen-bond donors (Lipinski definition) is 1. The maximum Gasteiger partial charge on any atom is 0.274 e. The molecular formula is C8H7N3O2. The number of hydrogen-bond acceptors (Lipinski definition) is 4. The molecule has 1 aromatic carbocycles. The number of nitrogens with one attached hydrogen (secondary N) is 1. The van der Waals surface area contributed by atoms with Crippen molar-refractivity contribution in [2.24, 2.45) is 0 Å². The van der Waals surface area contributed by atoms with Crippen LogP contribution < -0.4 is 5.32 Å². The first-order valence-corrected chi connectivity index (χ1v) is 3.55. The van der Waals surface area contributed by atoms with Gasteiger partial charge in [-0.25, -0.2) is 0 Å². The average molecular weight is 177 g/mol. The lowest BCUT2D eigenvalue weighted by Crippen LogP contribution is -1.94. The Morgan fingerprint density at radius 1 is 1.62 bits per heavy atom. The highest BCUT2D eigenvalue weighted by molar-refractivity contribution is 5.56. The zero-order valence-corrected chi connectivity index (χ0v) is 6.94. The molecule has 0 atom stereocenters. The Kier molecular flexibility index (Phi) is 2.45. The summed E-state index contributed by atoms with van der Waals surface area (Å²) in [7, 11) is 0. The number of nitro benzene ring substituents is 1. The molecule has 0 radical (unpaired) electrons. The third-order valence-electron chi connectivity index (χ3n) is 1.61. The molecule has 5 heteroatoms. The van der Waals surface area contributed by atoms with Crippen LogP contribution in [0.4, 0.5) is 11.4 Å². The molecule has 0 fully saturated rings. The van der Waals surface area contributed by atoms with E-state index in [1.165, 1.54) is 6.07 Å². The van der Waals surface area contributed by atoms with Gasteiger partial charge in [-0.15, -0.1) is 0 Å². The van der Waals surface area contributed by atoms with Gasteiger partial charge in [0.05, 0.1) is 10.6 Å². The number of benzene rings is 1.